The summed E-state index contributed by atoms with van der Waals surface area (Å²) in [6, 6.07) is 12.1. The zero-order valence-electron chi connectivity index (χ0n) is 17.9. The van der Waals surface area contributed by atoms with E-state index in [9.17, 15) is 14.0 Å². The number of hydrogen-bond donors (Lipinski definition) is 1. The van der Waals surface area contributed by atoms with Gasteiger partial charge in [0.25, 0.3) is 0 Å². The number of nitrogens with zero attached hydrogens (tertiary/aromatic N) is 1. The fourth-order valence-corrected chi connectivity index (χ4v) is 4.84. The molecule has 0 radical (unpaired) electrons. The molecular formula is C26H21FN2O4. The Hall–Kier alpha value is -3.74. The zero-order valence-corrected chi connectivity index (χ0v) is 17.9. The van der Waals surface area contributed by atoms with Crippen molar-refractivity contribution in [1.82, 2.24) is 4.98 Å². The molecule has 6 rings (SSSR count). The monoisotopic (exact) mass is 444 g/mol. The number of benzene rings is 2. The molecule has 1 aromatic heterocycles. The molecule has 6 nitrogen and oxygen atoms in total. The Morgan fingerprint density at radius 1 is 1.21 bits per heavy atom. The minimum Gasteiger partial charge on any atom is -0.489 e. The Morgan fingerprint density at radius 3 is 2.94 bits per heavy atom. The van der Waals surface area contributed by atoms with Crippen LogP contribution in [0.15, 0.2) is 48.7 Å². The van der Waals surface area contributed by atoms with Gasteiger partial charge in [0.15, 0.2) is 5.78 Å². The van der Waals surface area contributed by atoms with Crippen LogP contribution in [-0.4, -0.2) is 22.8 Å². The Balaban J connectivity index is 1.19. The molecule has 0 unspecified atom stereocenters. The molecule has 166 valence electrons. The fourth-order valence-electron chi connectivity index (χ4n) is 4.84. The largest absolute Gasteiger partial charge is 0.489 e. The van der Waals surface area contributed by atoms with Crippen molar-refractivity contribution in [3.05, 3.63) is 76.7 Å². The van der Waals surface area contributed by atoms with E-state index in [0.29, 0.717) is 47.7 Å². The quantitative estimate of drug-likeness (QED) is 0.563. The topological polar surface area (TPSA) is 77.5 Å². The molecule has 1 saturated carbocycles. The second-order valence-electron chi connectivity index (χ2n) is 8.85. The van der Waals surface area contributed by atoms with Crippen LogP contribution in [0.2, 0.25) is 0 Å². The number of anilines is 1. The Labute approximate surface area is 189 Å². The Bertz CT molecular complexity index is 1320. The first-order valence-electron chi connectivity index (χ1n) is 11.0. The molecule has 0 bridgehead atoms. The van der Waals surface area contributed by atoms with Crippen LogP contribution in [0.3, 0.4) is 0 Å². The molecule has 3 aliphatic rings. The number of fused-ring (bicyclic) bond motifs is 4. The van der Waals surface area contributed by atoms with E-state index >= 15 is 0 Å². The summed E-state index contributed by atoms with van der Waals surface area (Å²) in [6.45, 7) is 1.68. The van der Waals surface area contributed by atoms with Crippen LogP contribution in [0, 0.1) is 18.7 Å². The lowest BCUT2D eigenvalue weighted by Crippen LogP contribution is -2.20. The summed E-state index contributed by atoms with van der Waals surface area (Å²) in [5.74, 6) is 2.42. The lowest BCUT2D eigenvalue weighted by molar-refractivity contribution is -0.116. The van der Waals surface area contributed by atoms with Crippen molar-refractivity contribution >= 4 is 17.5 Å². The molecule has 3 aromatic rings. The normalized spacial score (nSPS) is 21.9. The highest BCUT2D eigenvalue weighted by atomic mass is 19.1. The van der Waals surface area contributed by atoms with Crippen molar-refractivity contribution in [3.8, 4) is 17.2 Å². The number of Topliss-reactive ketones (excluding diaryl/α,β-unsaturated/α-hetero) is 1. The summed E-state index contributed by atoms with van der Waals surface area (Å²) in [5.41, 5.74) is 2.83. The predicted octanol–water partition coefficient (Wildman–Crippen LogP) is 4.95. The first-order valence-corrected chi connectivity index (χ1v) is 11.0. The molecule has 1 amide bonds. The van der Waals surface area contributed by atoms with Gasteiger partial charge < -0.3 is 14.8 Å². The summed E-state index contributed by atoms with van der Waals surface area (Å²) in [5, 5.41) is 2.78. The van der Waals surface area contributed by atoms with Crippen molar-refractivity contribution in [2.75, 3.05) is 5.32 Å². The van der Waals surface area contributed by atoms with Gasteiger partial charge in [-0.3, -0.25) is 9.59 Å². The van der Waals surface area contributed by atoms with Crippen molar-refractivity contribution < 1.29 is 23.5 Å². The van der Waals surface area contributed by atoms with Gasteiger partial charge in [-0.25, -0.2) is 9.37 Å². The van der Waals surface area contributed by atoms with E-state index in [-0.39, 0.29) is 35.4 Å². The van der Waals surface area contributed by atoms with Crippen LogP contribution < -0.4 is 14.8 Å². The maximum atomic E-state index is 13.9. The number of amides is 1. The molecule has 2 aliphatic heterocycles. The predicted molar refractivity (Wildman–Crippen MR) is 118 cm³/mol. The molecule has 33 heavy (non-hydrogen) atoms. The van der Waals surface area contributed by atoms with Crippen molar-refractivity contribution in [3.63, 3.8) is 0 Å². The number of hydrogen-bond acceptors (Lipinski definition) is 5. The van der Waals surface area contributed by atoms with Gasteiger partial charge in [-0.15, -0.1) is 0 Å². The zero-order chi connectivity index (χ0) is 22.7. The van der Waals surface area contributed by atoms with E-state index in [2.05, 4.69) is 10.3 Å². The van der Waals surface area contributed by atoms with Gasteiger partial charge in [0.2, 0.25) is 5.91 Å². The number of aryl methyl sites for hydroxylation is 1. The number of nitrogens with one attached hydrogen (secondary N) is 1. The average molecular weight is 444 g/mol. The minimum atomic E-state index is -0.363. The van der Waals surface area contributed by atoms with Crippen LogP contribution >= 0.6 is 0 Å². The van der Waals surface area contributed by atoms with Gasteiger partial charge in [-0.1, -0.05) is 12.1 Å². The number of carbonyl (C=O) groups is 2. The van der Waals surface area contributed by atoms with E-state index in [1.807, 2.05) is 18.2 Å². The smallest absolute Gasteiger partial charge is 0.225 e. The number of rotatable bonds is 5. The minimum absolute atomic E-state index is 0.0293. The first kappa shape index (κ1) is 19.9. The standard InChI is InChI=1S/C26H21FN2O4/c1-13-2-3-14(10-19(13)27)20(30)12-18-24-17-11-15(4-6-21(17)33-25(18)24)32-22-8-9-28-26-16(22)5-7-23(31)29-26/h2-4,6,8-11,18,24-25H,5,7,12H2,1H3,(H,28,29,31)/t18-,24-,25+/m0/s1. The maximum absolute atomic E-state index is 13.9. The van der Waals surface area contributed by atoms with Gasteiger partial charge >= 0.3 is 0 Å². The molecule has 3 heterocycles. The van der Waals surface area contributed by atoms with E-state index in [4.69, 9.17) is 9.47 Å². The van der Waals surface area contributed by atoms with Crippen LogP contribution in [0.1, 0.15) is 45.8 Å². The van der Waals surface area contributed by atoms with Crippen molar-refractivity contribution in [2.24, 2.45) is 5.92 Å². The summed E-state index contributed by atoms with van der Waals surface area (Å²) < 4.78 is 26.1. The van der Waals surface area contributed by atoms with E-state index in [0.717, 1.165) is 16.9 Å². The summed E-state index contributed by atoms with van der Waals surface area (Å²) in [7, 11) is 0. The molecule has 1 N–H and O–H groups in total. The number of carbonyl (C=O) groups excluding carboxylic acids is 2. The van der Waals surface area contributed by atoms with E-state index in [1.165, 1.54) is 6.07 Å². The first-order chi connectivity index (χ1) is 16.0. The third kappa shape index (κ3) is 3.44. The number of ether oxygens (including phenoxy) is 2. The highest BCUT2D eigenvalue weighted by Crippen LogP contribution is 2.60. The Morgan fingerprint density at radius 2 is 2.09 bits per heavy atom. The van der Waals surface area contributed by atoms with Crippen LogP contribution in [0.5, 0.6) is 17.2 Å². The van der Waals surface area contributed by atoms with Crippen LogP contribution in [0.25, 0.3) is 0 Å². The van der Waals surface area contributed by atoms with Crippen LogP contribution in [0.4, 0.5) is 10.2 Å². The van der Waals surface area contributed by atoms with Gasteiger partial charge in [0, 0.05) is 47.6 Å². The van der Waals surface area contributed by atoms with Gasteiger partial charge in [-0.2, -0.15) is 0 Å². The maximum Gasteiger partial charge on any atom is 0.225 e. The molecule has 3 atom stereocenters. The molecule has 7 heteroatoms. The average Bonchev–Trinajstić information content (AvgIpc) is 3.32. The second kappa shape index (κ2) is 7.40. The number of ketones is 1. The lowest BCUT2D eigenvalue weighted by atomic mass is 10.0. The molecule has 1 fully saturated rings. The third-order valence-electron chi connectivity index (χ3n) is 6.72. The molecule has 2 aromatic carbocycles. The summed E-state index contributed by atoms with van der Waals surface area (Å²) in [6.07, 6.45) is 2.88. The van der Waals surface area contributed by atoms with E-state index in [1.54, 1.807) is 31.3 Å². The molecule has 1 aliphatic carbocycles. The van der Waals surface area contributed by atoms with Crippen molar-refractivity contribution in [2.45, 2.75) is 38.2 Å². The van der Waals surface area contributed by atoms with Crippen LogP contribution in [-0.2, 0) is 11.2 Å². The highest BCUT2D eigenvalue weighted by molar-refractivity contribution is 5.96. The molecular weight excluding hydrogens is 423 g/mol. The van der Waals surface area contributed by atoms with Gasteiger partial charge in [0.1, 0.15) is 35.0 Å². The highest BCUT2D eigenvalue weighted by Gasteiger charge is 2.59. The molecule has 0 saturated heterocycles. The number of aromatic nitrogens is 1. The van der Waals surface area contributed by atoms with E-state index < -0.39 is 0 Å². The second-order valence-corrected chi connectivity index (χ2v) is 8.85. The van der Waals surface area contributed by atoms with Crippen molar-refractivity contribution in [1.29, 1.82) is 0 Å². The SMILES string of the molecule is Cc1ccc(C(=O)C[C@@H]2[C@H]3Oc4ccc(Oc5ccnc6c5CCC(=O)N6)cc4[C@@H]23)cc1F. The summed E-state index contributed by atoms with van der Waals surface area (Å²) >= 11 is 0. The van der Waals surface area contributed by atoms with Gasteiger partial charge in [-0.05, 0) is 49.2 Å². The summed E-state index contributed by atoms with van der Waals surface area (Å²) in [4.78, 5) is 28.6. The Kier molecular flexibility index (Phi) is 4.47. The number of halogens is 1. The molecule has 0 spiro atoms. The third-order valence-corrected chi connectivity index (χ3v) is 6.72. The number of pyridine rings is 1. The fraction of sp³-hybridized carbons (Fsp3) is 0.269. The lowest BCUT2D eigenvalue weighted by Gasteiger charge is -2.19. The van der Waals surface area contributed by atoms with Gasteiger partial charge in [0.05, 0.1) is 0 Å².